The number of likely N-dealkylation sites (tertiary alicyclic amines) is 1. The van der Waals surface area contributed by atoms with Crippen LogP contribution in [0.3, 0.4) is 0 Å². The lowest BCUT2D eigenvalue weighted by Crippen LogP contribution is -2.42. The number of nitrogens with one attached hydrogen (secondary N) is 1. The third-order valence-electron chi connectivity index (χ3n) is 5.55. The maximum Gasteiger partial charge on any atom is 0.228 e. The molecule has 1 aromatic rings. The Labute approximate surface area is 150 Å². The molecule has 0 aliphatic carbocycles. The molecule has 0 saturated carbocycles. The van der Waals surface area contributed by atoms with Gasteiger partial charge in [0.05, 0.1) is 5.92 Å². The predicted octanol–water partition coefficient (Wildman–Crippen LogP) is 2.20. The monoisotopic (exact) mass is 343 g/mol. The minimum absolute atomic E-state index is 0.0612. The predicted molar refractivity (Wildman–Crippen MR) is 99.5 cm³/mol. The van der Waals surface area contributed by atoms with Crippen LogP contribution in [0.4, 0.5) is 5.69 Å². The number of carbonyl (C=O) groups excluding carboxylic acids is 2. The van der Waals surface area contributed by atoms with Gasteiger partial charge in [-0.05, 0) is 57.8 Å². The van der Waals surface area contributed by atoms with Crippen molar-refractivity contribution in [3.63, 3.8) is 0 Å². The van der Waals surface area contributed by atoms with Crippen molar-refractivity contribution in [2.45, 2.75) is 32.6 Å². The molecule has 2 heterocycles. The second-order valence-corrected chi connectivity index (χ2v) is 7.40. The van der Waals surface area contributed by atoms with E-state index in [1.54, 1.807) is 4.90 Å². The quantitative estimate of drug-likeness (QED) is 0.892. The molecule has 0 aromatic heterocycles. The summed E-state index contributed by atoms with van der Waals surface area (Å²) in [6, 6.07) is 7.95. The summed E-state index contributed by atoms with van der Waals surface area (Å²) in [5.41, 5.74) is 2.07. The summed E-state index contributed by atoms with van der Waals surface area (Å²) < 4.78 is 0. The van der Waals surface area contributed by atoms with Crippen molar-refractivity contribution in [1.29, 1.82) is 0 Å². The van der Waals surface area contributed by atoms with Crippen molar-refractivity contribution < 1.29 is 9.59 Å². The highest BCUT2D eigenvalue weighted by atomic mass is 16.2. The Morgan fingerprint density at radius 1 is 1.20 bits per heavy atom. The zero-order chi connectivity index (χ0) is 17.8. The van der Waals surface area contributed by atoms with E-state index in [2.05, 4.69) is 5.32 Å². The van der Waals surface area contributed by atoms with Gasteiger partial charge < -0.3 is 15.1 Å². The largest absolute Gasteiger partial charge is 0.342 e. The average molecular weight is 343 g/mol. The van der Waals surface area contributed by atoms with Crippen molar-refractivity contribution in [3.05, 3.63) is 29.8 Å². The third kappa shape index (κ3) is 4.21. The van der Waals surface area contributed by atoms with Gasteiger partial charge in [-0.3, -0.25) is 9.59 Å². The van der Waals surface area contributed by atoms with Crippen LogP contribution in [0.15, 0.2) is 24.3 Å². The Hall–Kier alpha value is -1.88. The number of benzene rings is 1. The molecule has 1 unspecified atom stereocenters. The summed E-state index contributed by atoms with van der Waals surface area (Å²) >= 11 is 0. The zero-order valence-corrected chi connectivity index (χ0v) is 15.3. The van der Waals surface area contributed by atoms with Crippen molar-refractivity contribution >= 4 is 17.5 Å². The smallest absolute Gasteiger partial charge is 0.228 e. The Morgan fingerprint density at radius 2 is 1.88 bits per heavy atom. The maximum absolute atomic E-state index is 12.8. The van der Waals surface area contributed by atoms with E-state index < -0.39 is 0 Å². The second-order valence-electron chi connectivity index (χ2n) is 7.40. The van der Waals surface area contributed by atoms with Crippen LogP contribution in [0.25, 0.3) is 0 Å². The SMILES string of the molecule is CNCCC1CCN(C(=O)C2CC(=O)N(c3ccc(C)cc3)C2)CC1. The highest BCUT2D eigenvalue weighted by molar-refractivity contribution is 6.00. The van der Waals surface area contributed by atoms with E-state index >= 15 is 0 Å². The number of hydrogen-bond acceptors (Lipinski definition) is 3. The molecule has 0 spiro atoms. The lowest BCUT2D eigenvalue weighted by atomic mass is 9.92. The molecular formula is C20H29N3O2. The number of piperidine rings is 1. The van der Waals surface area contributed by atoms with Gasteiger partial charge in [-0.25, -0.2) is 0 Å². The number of nitrogens with zero attached hydrogens (tertiary/aromatic N) is 2. The summed E-state index contributed by atoms with van der Waals surface area (Å²) in [6.45, 7) is 5.26. The van der Waals surface area contributed by atoms with Crippen LogP contribution in [0, 0.1) is 18.8 Å². The fraction of sp³-hybridized carbons (Fsp3) is 0.600. The van der Waals surface area contributed by atoms with Crippen LogP contribution >= 0.6 is 0 Å². The Bertz CT molecular complexity index is 606. The van der Waals surface area contributed by atoms with Gasteiger partial charge in [0.15, 0.2) is 0 Å². The number of aryl methyl sites for hydroxylation is 1. The molecule has 3 rings (SSSR count). The first-order valence-electron chi connectivity index (χ1n) is 9.39. The molecule has 2 fully saturated rings. The van der Waals surface area contributed by atoms with Crippen molar-refractivity contribution in [3.8, 4) is 0 Å². The number of hydrogen-bond donors (Lipinski definition) is 1. The lowest BCUT2D eigenvalue weighted by molar-refractivity contribution is -0.137. The van der Waals surface area contributed by atoms with Gasteiger partial charge in [-0.2, -0.15) is 0 Å². The second kappa shape index (κ2) is 8.00. The Morgan fingerprint density at radius 3 is 2.52 bits per heavy atom. The molecule has 1 atom stereocenters. The topological polar surface area (TPSA) is 52.7 Å². The van der Waals surface area contributed by atoms with E-state index in [-0.39, 0.29) is 17.7 Å². The maximum atomic E-state index is 12.8. The van der Waals surface area contributed by atoms with Crippen LogP contribution in [-0.4, -0.2) is 49.9 Å². The van der Waals surface area contributed by atoms with E-state index in [9.17, 15) is 9.59 Å². The highest BCUT2D eigenvalue weighted by Gasteiger charge is 2.37. The van der Waals surface area contributed by atoms with Gasteiger partial charge in [0.2, 0.25) is 11.8 Å². The van der Waals surface area contributed by atoms with Gasteiger partial charge in [0.1, 0.15) is 0 Å². The molecule has 2 amide bonds. The first kappa shape index (κ1) is 17.9. The summed E-state index contributed by atoms with van der Waals surface area (Å²) in [5.74, 6) is 0.745. The van der Waals surface area contributed by atoms with E-state index in [1.807, 2.05) is 43.1 Å². The van der Waals surface area contributed by atoms with Gasteiger partial charge in [-0.1, -0.05) is 17.7 Å². The third-order valence-corrected chi connectivity index (χ3v) is 5.55. The summed E-state index contributed by atoms with van der Waals surface area (Å²) in [6.07, 6.45) is 3.68. The Balaban J connectivity index is 1.55. The number of amides is 2. The minimum Gasteiger partial charge on any atom is -0.342 e. The molecule has 5 nitrogen and oxygen atoms in total. The normalized spacial score (nSPS) is 21.8. The van der Waals surface area contributed by atoms with E-state index in [0.29, 0.717) is 18.9 Å². The molecular weight excluding hydrogens is 314 g/mol. The summed E-state index contributed by atoms with van der Waals surface area (Å²) in [7, 11) is 1.98. The molecule has 1 N–H and O–H groups in total. The summed E-state index contributed by atoms with van der Waals surface area (Å²) in [5, 5.41) is 3.20. The zero-order valence-electron chi connectivity index (χ0n) is 15.3. The number of anilines is 1. The van der Waals surface area contributed by atoms with Crippen LogP contribution in [-0.2, 0) is 9.59 Å². The molecule has 0 radical (unpaired) electrons. The van der Waals surface area contributed by atoms with Crippen LogP contribution in [0.1, 0.15) is 31.2 Å². The first-order chi connectivity index (χ1) is 12.1. The van der Waals surface area contributed by atoms with Gasteiger partial charge in [0, 0.05) is 31.7 Å². The molecule has 25 heavy (non-hydrogen) atoms. The number of rotatable bonds is 5. The van der Waals surface area contributed by atoms with Gasteiger partial charge in [0.25, 0.3) is 0 Å². The van der Waals surface area contributed by atoms with Crippen molar-refractivity contribution in [2.24, 2.45) is 11.8 Å². The lowest BCUT2D eigenvalue weighted by Gasteiger charge is -2.33. The Kier molecular flexibility index (Phi) is 5.74. The van der Waals surface area contributed by atoms with E-state index in [1.165, 1.54) is 12.0 Å². The molecule has 2 aliphatic rings. The number of carbonyl (C=O) groups is 2. The molecule has 2 aliphatic heterocycles. The standard InChI is InChI=1S/C20H29N3O2/c1-15-3-5-18(6-4-15)23-14-17(13-19(23)24)20(25)22-11-8-16(9-12-22)7-10-21-2/h3-6,16-17,21H,7-14H2,1-2H3. The van der Waals surface area contributed by atoms with Crippen molar-refractivity contribution in [2.75, 3.05) is 38.1 Å². The van der Waals surface area contributed by atoms with Gasteiger partial charge >= 0.3 is 0 Å². The fourth-order valence-corrected chi connectivity index (χ4v) is 3.90. The van der Waals surface area contributed by atoms with Crippen molar-refractivity contribution in [1.82, 2.24) is 10.2 Å². The van der Waals surface area contributed by atoms with Gasteiger partial charge in [-0.15, -0.1) is 0 Å². The highest BCUT2D eigenvalue weighted by Crippen LogP contribution is 2.28. The van der Waals surface area contributed by atoms with Crippen LogP contribution in [0.2, 0.25) is 0 Å². The first-order valence-corrected chi connectivity index (χ1v) is 9.39. The molecule has 1 aromatic carbocycles. The van der Waals surface area contributed by atoms with E-state index in [0.717, 1.165) is 38.2 Å². The minimum atomic E-state index is -0.192. The van der Waals surface area contributed by atoms with Crippen LogP contribution in [0.5, 0.6) is 0 Å². The molecule has 2 saturated heterocycles. The summed E-state index contributed by atoms with van der Waals surface area (Å²) in [4.78, 5) is 29.0. The average Bonchev–Trinajstić information content (AvgIpc) is 3.02. The van der Waals surface area contributed by atoms with Crippen LogP contribution < -0.4 is 10.2 Å². The van der Waals surface area contributed by atoms with E-state index in [4.69, 9.17) is 0 Å². The molecule has 5 heteroatoms. The fourth-order valence-electron chi connectivity index (χ4n) is 3.90. The molecule has 0 bridgehead atoms. The molecule has 136 valence electrons.